The molecule has 0 unspecified atom stereocenters. The number of ether oxygens (including phenoxy) is 1. The molecule has 172 valence electrons. The van der Waals surface area contributed by atoms with Gasteiger partial charge in [0.2, 0.25) is 5.88 Å². The normalized spacial score (nSPS) is 11.2. The number of hydrogen-bond donors (Lipinski definition) is 1. The number of imide groups is 1. The van der Waals surface area contributed by atoms with Gasteiger partial charge < -0.3 is 10.5 Å². The van der Waals surface area contributed by atoms with Gasteiger partial charge in [0.25, 0.3) is 5.91 Å². The minimum Gasteiger partial charge on any atom is -0.438 e. The maximum atomic E-state index is 14.0. The lowest BCUT2D eigenvalue weighted by Crippen LogP contribution is -2.42. The Bertz CT molecular complexity index is 1230. The van der Waals surface area contributed by atoms with Crippen LogP contribution in [-0.2, 0) is 6.18 Å². The Balaban J connectivity index is 1.93. The summed E-state index contributed by atoms with van der Waals surface area (Å²) in [6, 6.07) is 5.82. The van der Waals surface area contributed by atoms with E-state index in [1.165, 1.54) is 25.1 Å². The van der Waals surface area contributed by atoms with Crippen LogP contribution < -0.4 is 15.4 Å². The maximum Gasteiger partial charge on any atom is 0.417 e. The van der Waals surface area contributed by atoms with Crippen LogP contribution in [0.2, 0.25) is 5.02 Å². The third-order valence-corrected chi connectivity index (χ3v) is 4.63. The van der Waals surface area contributed by atoms with Gasteiger partial charge in [0.1, 0.15) is 28.0 Å². The number of primary amides is 1. The molecular formula is C21H13ClF5N3O3. The molecule has 1 aromatic heterocycles. The number of alkyl halides is 3. The van der Waals surface area contributed by atoms with Gasteiger partial charge in [-0.05, 0) is 48.9 Å². The number of nitrogens with two attached hydrogens (primary N) is 1. The van der Waals surface area contributed by atoms with E-state index in [2.05, 4.69) is 4.98 Å². The number of amides is 3. The summed E-state index contributed by atoms with van der Waals surface area (Å²) in [6.45, 7) is 1.44. The van der Waals surface area contributed by atoms with Crippen LogP contribution in [0.3, 0.4) is 0 Å². The Kier molecular flexibility index (Phi) is 6.54. The van der Waals surface area contributed by atoms with Gasteiger partial charge in [-0.15, -0.1) is 0 Å². The molecule has 0 aliphatic heterocycles. The average molecular weight is 486 g/mol. The van der Waals surface area contributed by atoms with Crippen LogP contribution in [0.15, 0.2) is 48.7 Å². The predicted octanol–water partition coefficient (Wildman–Crippen LogP) is 5.86. The van der Waals surface area contributed by atoms with E-state index in [1.54, 1.807) is 0 Å². The number of nitrogens with zero attached hydrogens (tertiary/aromatic N) is 2. The van der Waals surface area contributed by atoms with Gasteiger partial charge in [-0.3, -0.25) is 4.79 Å². The molecular weight excluding hydrogens is 473 g/mol. The number of carbonyl (C=O) groups is 2. The molecule has 0 atom stereocenters. The van der Waals surface area contributed by atoms with Crippen molar-refractivity contribution in [2.75, 3.05) is 4.90 Å². The summed E-state index contributed by atoms with van der Waals surface area (Å²) in [7, 11) is 0. The summed E-state index contributed by atoms with van der Waals surface area (Å²) in [5, 5.41) is -0.407. The first-order chi connectivity index (χ1) is 15.4. The number of aryl methyl sites for hydroxylation is 1. The quantitative estimate of drug-likeness (QED) is 0.469. The van der Waals surface area contributed by atoms with Gasteiger partial charge in [0, 0.05) is 6.20 Å². The maximum absolute atomic E-state index is 14.0. The first-order valence-electron chi connectivity index (χ1n) is 8.99. The van der Waals surface area contributed by atoms with Crippen LogP contribution >= 0.6 is 11.6 Å². The molecule has 0 aliphatic carbocycles. The molecule has 0 bridgehead atoms. The summed E-state index contributed by atoms with van der Waals surface area (Å²) in [4.78, 5) is 28.6. The SMILES string of the molecule is Cc1cc(Oc2ncc(C(F)(F)F)cc2Cl)ccc1N(C(N)=O)C(=O)c1c(F)cccc1F. The van der Waals surface area contributed by atoms with Crippen molar-refractivity contribution in [3.63, 3.8) is 0 Å². The van der Waals surface area contributed by atoms with E-state index in [1.807, 2.05) is 0 Å². The lowest BCUT2D eigenvalue weighted by Gasteiger charge is -2.21. The molecule has 6 nitrogen and oxygen atoms in total. The van der Waals surface area contributed by atoms with Crippen molar-refractivity contribution in [2.45, 2.75) is 13.1 Å². The zero-order valence-electron chi connectivity index (χ0n) is 16.6. The molecule has 0 fully saturated rings. The standard InChI is InChI=1S/C21H13ClF5N3O3/c1-10-7-12(33-18-13(22)8-11(9-29-18)21(25,26)27)5-6-16(10)30(20(28)32)19(31)17-14(23)3-2-4-15(17)24/h2-9H,1H3,(H2,28,32). The molecule has 0 saturated heterocycles. The topological polar surface area (TPSA) is 85.5 Å². The predicted molar refractivity (Wildman–Crippen MR) is 108 cm³/mol. The Morgan fingerprint density at radius 3 is 2.24 bits per heavy atom. The third-order valence-electron chi connectivity index (χ3n) is 4.36. The molecule has 0 radical (unpaired) electrons. The Morgan fingerprint density at radius 1 is 1.09 bits per heavy atom. The molecule has 3 aromatic rings. The van der Waals surface area contributed by atoms with Crippen LogP contribution in [0, 0.1) is 18.6 Å². The largest absolute Gasteiger partial charge is 0.438 e. The third kappa shape index (κ3) is 5.03. The van der Waals surface area contributed by atoms with Gasteiger partial charge >= 0.3 is 12.2 Å². The highest BCUT2D eigenvalue weighted by Gasteiger charge is 2.32. The highest BCUT2D eigenvalue weighted by molar-refractivity contribution is 6.31. The molecule has 3 amide bonds. The minimum absolute atomic E-state index is 0.0411. The van der Waals surface area contributed by atoms with Crippen molar-refractivity contribution < 1.29 is 36.3 Å². The van der Waals surface area contributed by atoms with E-state index in [4.69, 9.17) is 22.1 Å². The number of carbonyl (C=O) groups excluding carboxylic acids is 2. The van der Waals surface area contributed by atoms with Crippen molar-refractivity contribution in [2.24, 2.45) is 5.73 Å². The molecule has 1 heterocycles. The number of aromatic nitrogens is 1. The Morgan fingerprint density at radius 2 is 1.73 bits per heavy atom. The number of hydrogen-bond acceptors (Lipinski definition) is 4. The fraction of sp³-hybridized carbons (Fsp3) is 0.0952. The van der Waals surface area contributed by atoms with Crippen LogP contribution in [0.4, 0.5) is 32.4 Å². The summed E-state index contributed by atoms with van der Waals surface area (Å²) in [5.74, 6) is -3.99. The van der Waals surface area contributed by atoms with Crippen LogP contribution in [-0.4, -0.2) is 16.9 Å². The highest BCUT2D eigenvalue weighted by Crippen LogP contribution is 2.35. The molecule has 0 spiro atoms. The van der Waals surface area contributed by atoms with Crippen molar-refractivity contribution in [3.8, 4) is 11.6 Å². The van der Waals surface area contributed by atoms with E-state index in [0.717, 1.165) is 18.2 Å². The van der Waals surface area contributed by atoms with Crippen molar-refractivity contribution in [1.82, 2.24) is 4.98 Å². The second kappa shape index (κ2) is 9.02. The summed E-state index contributed by atoms with van der Waals surface area (Å²) in [5.41, 5.74) is 3.34. The number of benzene rings is 2. The first kappa shape index (κ1) is 23.9. The number of halogens is 6. The summed E-state index contributed by atoms with van der Waals surface area (Å²) < 4.78 is 71.7. The van der Waals surface area contributed by atoms with Crippen molar-refractivity contribution in [1.29, 1.82) is 0 Å². The van der Waals surface area contributed by atoms with Gasteiger partial charge in [-0.2, -0.15) is 13.2 Å². The second-order valence-electron chi connectivity index (χ2n) is 6.63. The lowest BCUT2D eigenvalue weighted by atomic mass is 10.1. The molecule has 2 aromatic carbocycles. The zero-order valence-corrected chi connectivity index (χ0v) is 17.3. The van der Waals surface area contributed by atoms with E-state index >= 15 is 0 Å². The molecule has 33 heavy (non-hydrogen) atoms. The molecule has 3 rings (SSSR count). The Labute approximate surface area is 188 Å². The summed E-state index contributed by atoms with van der Waals surface area (Å²) >= 11 is 5.81. The molecule has 12 heteroatoms. The van der Waals surface area contributed by atoms with Crippen molar-refractivity contribution in [3.05, 3.63) is 82.0 Å². The monoisotopic (exact) mass is 485 g/mol. The lowest BCUT2D eigenvalue weighted by molar-refractivity contribution is -0.137. The van der Waals surface area contributed by atoms with Crippen molar-refractivity contribution >= 4 is 29.2 Å². The van der Waals surface area contributed by atoms with Gasteiger partial charge in [0.15, 0.2) is 0 Å². The second-order valence-corrected chi connectivity index (χ2v) is 7.04. The van der Waals surface area contributed by atoms with Gasteiger partial charge in [0.05, 0.1) is 11.3 Å². The molecule has 2 N–H and O–H groups in total. The minimum atomic E-state index is -4.64. The van der Waals surface area contributed by atoms with Crippen LogP contribution in [0.25, 0.3) is 0 Å². The van der Waals surface area contributed by atoms with Gasteiger partial charge in [-0.1, -0.05) is 17.7 Å². The number of anilines is 1. The smallest absolute Gasteiger partial charge is 0.417 e. The number of rotatable bonds is 4. The zero-order chi connectivity index (χ0) is 24.5. The van der Waals surface area contributed by atoms with Crippen LogP contribution in [0.1, 0.15) is 21.5 Å². The fourth-order valence-electron chi connectivity index (χ4n) is 2.85. The molecule has 0 aliphatic rings. The fourth-order valence-corrected chi connectivity index (χ4v) is 3.06. The number of pyridine rings is 1. The number of urea groups is 1. The Hall–Kier alpha value is -3.73. The van der Waals surface area contributed by atoms with E-state index in [9.17, 15) is 31.5 Å². The van der Waals surface area contributed by atoms with Crippen LogP contribution in [0.5, 0.6) is 11.6 Å². The molecule has 0 saturated carbocycles. The first-order valence-corrected chi connectivity index (χ1v) is 9.37. The highest BCUT2D eigenvalue weighted by atomic mass is 35.5. The van der Waals surface area contributed by atoms with Gasteiger partial charge in [-0.25, -0.2) is 23.5 Å². The van der Waals surface area contributed by atoms with E-state index < -0.39 is 45.9 Å². The van der Waals surface area contributed by atoms with E-state index in [-0.39, 0.29) is 22.9 Å². The average Bonchev–Trinajstić information content (AvgIpc) is 2.70. The van der Waals surface area contributed by atoms with E-state index in [0.29, 0.717) is 17.2 Å². The summed E-state index contributed by atoms with van der Waals surface area (Å²) in [6.07, 6.45) is -4.10.